The highest BCUT2D eigenvalue weighted by Crippen LogP contribution is 2.32. The summed E-state index contributed by atoms with van der Waals surface area (Å²) in [4.78, 5) is 1.36. The van der Waals surface area contributed by atoms with Crippen molar-refractivity contribution in [3.63, 3.8) is 0 Å². The third-order valence-corrected chi connectivity index (χ3v) is 3.10. The smallest absolute Gasteiger partial charge is 0.176 e. The molecule has 12 heavy (non-hydrogen) atoms. The van der Waals surface area contributed by atoms with Crippen LogP contribution >= 0.6 is 11.3 Å². The second-order valence-corrected chi connectivity index (χ2v) is 3.59. The molecule has 0 fully saturated rings. The summed E-state index contributed by atoms with van der Waals surface area (Å²) in [7, 11) is 1.72. The first-order valence-electron chi connectivity index (χ1n) is 4.27. The average Bonchev–Trinajstić information content (AvgIpc) is 2.36. The highest BCUT2D eigenvalue weighted by atomic mass is 32.1. The fourth-order valence-electron chi connectivity index (χ4n) is 0.904. The summed E-state index contributed by atoms with van der Waals surface area (Å²) in [6.07, 6.45) is 0. The summed E-state index contributed by atoms with van der Waals surface area (Å²) >= 11 is 1.72. The number of methoxy groups -OCH3 is 1. The van der Waals surface area contributed by atoms with E-state index in [0.29, 0.717) is 0 Å². The van der Waals surface area contributed by atoms with Gasteiger partial charge in [-0.05, 0) is 26.3 Å². The van der Waals surface area contributed by atoms with Crippen LogP contribution in [-0.4, -0.2) is 7.11 Å². The molecule has 1 aromatic rings. The SMILES string of the molecule is CC.COc1sc(C)c(C)c1C. The Hall–Kier alpha value is -0.500. The van der Waals surface area contributed by atoms with Gasteiger partial charge in [-0.3, -0.25) is 0 Å². The molecule has 70 valence electrons. The van der Waals surface area contributed by atoms with E-state index >= 15 is 0 Å². The fourth-order valence-corrected chi connectivity index (χ4v) is 1.88. The lowest BCUT2D eigenvalue weighted by atomic mass is 10.2. The van der Waals surface area contributed by atoms with Gasteiger partial charge in [0.1, 0.15) is 0 Å². The highest BCUT2D eigenvalue weighted by Gasteiger charge is 2.06. The summed E-state index contributed by atoms with van der Waals surface area (Å²) in [5.41, 5.74) is 2.65. The van der Waals surface area contributed by atoms with E-state index in [2.05, 4.69) is 20.8 Å². The minimum Gasteiger partial charge on any atom is -0.487 e. The molecule has 0 saturated carbocycles. The molecule has 0 radical (unpaired) electrons. The van der Waals surface area contributed by atoms with Crippen LogP contribution in [0.2, 0.25) is 0 Å². The molecule has 0 atom stereocenters. The van der Waals surface area contributed by atoms with E-state index < -0.39 is 0 Å². The predicted molar refractivity (Wildman–Crippen MR) is 56.4 cm³/mol. The lowest BCUT2D eigenvalue weighted by molar-refractivity contribution is 0.424. The van der Waals surface area contributed by atoms with Crippen molar-refractivity contribution in [3.05, 3.63) is 16.0 Å². The minimum absolute atomic E-state index is 1.05. The van der Waals surface area contributed by atoms with Gasteiger partial charge in [0, 0.05) is 10.4 Å². The number of aryl methyl sites for hydroxylation is 1. The van der Waals surface area contributed by atoms with Gasteiger partial charge >= 0.3 is 0 Å². The highest BCUT2D eigenvalue weighted by molar-refractivity contribution is 7.14. The van der Waals surface area contributed by atoms with Gasteiger partial charge in [0.25, 0.3) is 0 Å². The maximum atomic E-state index is 5.17. The summed E-state index contributed by atoms with van der Waals surface area (Å²) in [6.45, 7) is 10.3. The lowest BCUT2D eigenvalue weighted by Gasteiger charge is -1.94. The van der Waals surface area contributed by atoms with Crippen LogP contribution in [0.25, 0.3) is 0 Å². The van der Waals surface area contributed by atoms with Gasteiger partial charge in [0.05, 0.1) is 7.11 Å². The lowest BCUT2D eigenvalue weighted by Crippen LogP contribution is -1.80. The van der Waals surface area contributed by atoms with E-state index in [0.717, 1.165) is 5.06 Å². The number of hydrogen-bond acceptors (Lipinski definition) is 2. The Morgan fingerprint density at radius 3 is 1.67 bits per heavy atom. The van der Waals surface area contributed by atoms with Crippen molar-refractivity contribution in [1.29, 1.82) is 0 Å². The van der Waals surface area contributed by atoms with Gasteiger partial charge in [-0.25, -0.2) is 0 Å². The van der Waals surface area contributed by atoms with E-state index in [-0.39, 0.29) is 0 Å². The zero-order chi connectivity index (χ0) is 9.72. The monoisotopic (exact) mass is 186 g/mol. The molecule has 0 aromatic carbocycles. The first-order chi connectivity index (χ1) is 5.66. The van der Waals surface area contributed by atoms with Crippen molar-refractivity contribution in [2.24, 2.45) is 0 Å². The molecular weight excluding hydrogens is 168 g/mol. The minimum atomic E-state index is 1.05. The quantitative estimate of drug-likeness (QED) is 0.649. The van der Waals surface area contributed by atoms with E-state index in [1.807, 2.05) is 13.8 Å². The summed E-state index contributed by atoms with van der Waals surface area (Å²) in [5, 5.41) is 1.05. The first-order valence-corrected chi connectivity index (χ1v) is 5.09. The molecule has 1 nitrogen and oxygen atoms in total. The van der Waals surface area contributed by atoms with Gasteiger partial charge in [0.15, 0.2) is 5.06 Å². The van der Waals surface area contributed by atoms with Crippen molar-refractivity contribution < 1.29 is 4.74 Å². The Labute approximate surface area is 79.4 Å². The summed E-state index contributed by atoms with van der Waals surface area (Å²) in [6, 6.07) is 0. The molecule has 0 N–H and O–H groups in total. The van der Waals surface area contributed by atoms with E-state index in [1.54, 1.807) is 18.4 Å². The Kier molecular flexibility index (Phi) is 4.98. The van der Waals surface area contributed by atoms with Crippen molar-refractivity contribution in [1.82, 2.24) is 0 Å². The van der Waals surface area contributed by atoms with Crippen LogP contribution in [0.3, 0.4) is 0 Å². The van der Waals surface area contributed by atoms with Crippen molar-refractivity contribution in [2.75, 3.05) is 7.11 Å². The van der Waals surface area contributed by atoms with Crippen LogP contribution < -0.4 is 4.74 Å². The zero-order valence-corrected chi connectivity index (χ0v) is 9.63. The van der Waals surface area contributed by atoms with Crippen molar-refractivity contribution in [2.45, 2.75) is 34.6 Å². The predicted octanol–water partition coefficient (Wildman–Crippen LogP) is 3.71. The molecule has 0 aliphatic rings. The van der Waals surface area contributed by atoms with E-state index in [4.69, 9.17) is 4.74 Å². The largest absolute Gasteiger partial charge is 0.487 e. The van der Waals surface area contributed by atoms with E-state index in [1.165, 1.54) is 16.0 Å². The standard InChI is InChI=1S/C8H12OS.C2H6/c1-5-6(2)8(9-4)10-7(5)3;1-2/h1-4H3;1-2H3. The molecular formula is C10H18OS. The fraction of sp³-hybridized carbons (Fsp3) is 0.600. The average molecular weight is 186 g/mol. The topological polar surface area (TPSA) is 9.23 Å². The van der Waals surface area contributed by atoms with Crippen LogP contribution in [0.15, 0.2) is 0 Å². The second kappa shape index (κ2) is 5.20. The number of thiophene rings is 1. The zero-order valence-electron chi connectivity index (χ0n) is 8.82. The molecule has 0 bridgehead atoms. The van der Waals surface area contributed by atoms with Crippen molar-refractivity contribution in [3.8, 4) is 5.06 Å². The van der Waals surface area contributed by atoms with Gasteiger partial charge < -0.3 is 4.74 Å². The number of ether oxygens (including phenoxy) is 1. The van der Waals surface area contributed by atoms with Gasteiger partial charge in [-0.1, -0.05) is 13.8 Å². The Bertz CT molecular complexity index is 238. The molecule has 0 unspecified atom stereocenters. The third-order valence-electron chi connectivity index (χ3n) is 1.83. The molecule has 0 spiro atoms. The second-order valence-electron chi connectivity index (χ2n) is 2.40. The van der Waals surface area contributed by atoms with Gasteiger partial charge in [-0.2, -0.15) is 0 Å². The van der Waals surface area contributed by atoms with Crippen LogP contribution in [0.4, 0.5) is 0 Å². The van der Waals surface area contributed by atoms with Crippen LogP contribution in [0.5, 0.6) is 5.06 Å². The van der Waals surface area contributed by atoms with Crippen LogP contribution in [-0.2, 0) is 0 Å². The van der Waals surface area contributed by atoms with Gasteiger partial charge in [0.2, 0.25) is 0 Å². The molecule has 0 aliphatic carbocycles. The Morgan fingerprint density at radius 1 is 1.00 bits per heavy atom. The van der Waals surface area contributed by atoms with Crippen LogP contribution in [0, 0.1) is 20.8 Å². The molecule has 0 amide bonds. The molecule has 1 aromatic heterocycles. The number of rotatable bonds is 1. The third kappa shape index (κ3) is 2.24. The van der Waals surface area contributed by atoms with Gasteiger partial charge in [-0.15, -0.1) is 11.3 Å². The molecule has 0 aliphatic heterocycles. The molecule has 0 saturated heterocycles. The molecule has 1 rings (SSSR count). The van der Waals surface area contributed by atoms with Crippen LogP contribution in [0.1, 0.15) is 29.9 Å². The maximum Gasteiger partial charge on any atom is 0.176 e. The molecule has 1 heterocycles. The summed E-state index contributed by atoms with van der Waals surface area (Å²) < 4.78 is 5.17. The normalized spacial score (nSPS) is 8.83. The van der Waals surface area contributed by atoms with E-state index in [9.17, 15) is 0 Å². The molecule has 2 heteroatoms. The van der Waals surface area contributed by atoms with Crippen molar-refractivity contribution >= 4 is 11.3 Å². The number of hydrogen-bond donors (Lipinski definition) is 0. The first kappa shape index (κ1) is 11.5. The Balaban J connectivity index is 0.000000561. The Morgan fingerprint density at radius 2 is 1.50 bits per heavy atom. The summed E-state index contributed by atoms with van der Waals surface area (Å²) in [5.74, 6) is 0. The maximum absolute atomic E-state index is 5.17.